The summed E-state index contributed by atoms with van der Waals surface area (Å²) in [6.45, 7) is 4.77. The Labute approximate surface area is 211 Å². The highest BCUT2D eigenvalue weighted by Crippen LogP contribution is 2.25. The Kier molecular flexibility index (Phi) is 9.37. The molecule has 33 heavy (non-hydrogen) atoms. The van der Waals surface area contributed by atoms with Crippen LogP contribution < -0.4 is 10.6 Å². The topological polar surface area (TPSA) is 80.0 Å². The van der Waals surface area contributed by atoms with Crippen molar-refractivity contribution >= 4 is 29.9 Å². The molecule has 2 aromatic heterocycles. The van der Waals surface area contributed by atoms with E-state index in [1.807, 2.05) is 22.9 Å². The van der Waals surface area contributed by atoms with Crippen molar-refractivity contribution in [1.82, 2.24) is 30.4 Å². The third-order valence-electron chi connectivity index (χ3n) is 5.01. The lowest BCUT2D eigenvalue weighted by Gasteiger charge is -2.13. The minimum atomic E-state index is 0. The van der Waals surface area contributed by atoms with E-state index in [1.165, 1.54) is 22.3 Å². The van der Waals surface area contributed by atoms with Crippen molar-refractivity contribution in [3.8, 4) is 11.1 Å². The smallest absolute Gasteiger partial charge is 0.191 e. The fourth-order valence-corrected chi connectivity index (χ4v) is 3.41. The Morgan fingerprint density at radius 2 is 1.79 bits per heavy atom. The van der Waals surface area contributed by atoms with Crippen LogP contribution in [-0.2, 0) is 19.6 Å². The van der Waals surface area contributed by atoms with Crippen LogP contribution in [0.15, 0.2) is 90.6 Å². The summed E-state index contributed by atoms with van der Waals surface area (Å²) in [5, 5.41) is 10.8. The molecule has 2 aromatic carbocycles. The second kappa shape index (κ2) is 12.7. The van der Waals surface area contributed by atoms with E-state index in [2.05, 4.69) is 81.2 Å². The summed E-state index contributed by atoms with van der Waals surface area (Å²) in [6.07, 6.45) is 5.08. The monoisotopic (exact) mass is 553 g/mol. The molecule has 4 aromatic rings. The molecule has 0 aliphatic carbocycles. The number of pyridine rings is 1. The van der Waals surface area contributed by atoms with Crippen LogP contribution in [0.2, 0.25) is 0 Å². The van der Waals surface area contributed by atoms with Crippen molar-refractivity contribution in [1.29, 1.82) is 0 Å². The van der Waals surface area contributed by atoms with Gasteiger partial charge in [-0.25, -0.2) is 14.7 Å². The summed E-state index contributed by atoms with van der Waals surface area (Å²) >= 11 is 0. The summed E-state index contributed by atoms with van der Waals surface area (Å²) in [7, 11) is 0. The molecule has 0 amide bonds. The minimum Gasteiger partial charge on any atom is -0.357 e. The third-order valence-corrected chi connectivity index (χ3v) is 5.01. The third kappa shape index (κ3) is 7.11. The standard InChI is InChI=1S/C25H27N7.HI/c1-2-27-25(30-16-23-8-5-6-14-28-23)29-15-22-7-3-4-9-24(22)21-12-10-20(11-13-21)17-32-19-26-18-31-32;/h3-14,18-19H,2,15-17H2,1H3,(H2,27,29,30);1H. The van der Waals surface area contributed by atoms with Gasteiger partial charge in [0.1, 0.15) is 12.7 Å². The van der Waals surface area contributed by atoms with Crippen LogP contribution in [0.25, 0.3) is 11.1 Å². The number of aliphatic imine (C=N–C) groups is 1. The van der Waals surface area contributed by atoms with Crippen LogP contribution in [0.3, 0.4) is 0 Å². The summed E-state index contributed by atoms with van der Waals surface area (Å²) in [4.78, 5) is 13.2. The van der Waals surface area contributed by atoms with Crippen molar-refractivity contribution in [3.63, 3.8) is 0 Å². The Morgan fingerprint density at radius 1 is 0.970 bits per heavy atom. The summed E-state index contributed by atoms with van der Waals surface area (Å²) in [5.41, 5.74) is 5.69. The molecule has 8 heteroatoms. The van der Waals surface area contributed by atoms with E-state index in [0.717, 1.165) is 18.2 Å². The first-order valence-electron chi connectivity index (χ1n) is 10.7. The molecular weight excluding hydrogens is 525 g/mol. The van der Waals surface area contributed by atoms with Crippen molar-refractivity contribution < 1.29 is 0 Å². The van der Waals surface area contributed by atoms with E-state index in [9.17, 15) is 0 Å². The number of guanidine groups is 1. The average molecular weight is 553 g/mol. The quantitative estimate of drug-likeness (QED) is 0.194. The fourth-order valence-electron chi connectivity index (χ4n) is 3.41. The molecule has 0 saturated carbocycles. The van der Waals surface area contributed by atoms with Gasteiger partial charge in [-0.1, -0.05) is 54.6 Å². The highest BCUT2D eigenvalue weighted by molar-refractivity contribution is 14.0. The van der Waals surface area contributed by atoms with Crippen LogP contribution in [0.1, 0.15) is 23.7 Å². The predicted octanol–water partition coefficient (Wildman–Crippen LogP) is 4.26. The van der Waals surface area contributed by atoms with Crippen molar-refractivity contribution in [2.75, 3.05) is 6.54 Å². The van der Waals surface area contributed by atoms with Gasteiger partial charge in [0.2, 0.25) is 0 Å². The number of benzene rings is 2. The van der Waals surface area contributed by atoms with Crippen molar-refractivity contribution in [3.05, 3.63) is 102 Å². The number of hydrogen-bond acceptors (Lipinski definition) is 4. The molecule has 0 aliphatic rings. The first-order chi connectivity index (χ1) is 15.8. The molecule has 0 unspecified atom stereocenters. The van der Waals surface area contributed by atoms with Crippen molar-refractivity contribution in [2.45, 2.75) is 26.6 Å². The molecule has 2 N–H and O–H groups in total. The van der Waals surface area contributed by atoms with Gasteiger partial charge in [0.15, 0.2) is 5.96 Å². The van der Waals surface area contributed by atoms with Crippen molar-refractivity contribution in [2.24, 2.45) is 4.99 Å². The maximum absolute atomic E-state index is 4.80. The normalized spacial score (nSPS) is 11.0. The van der Waals surface area contributed by atoms with Gasteiger partial charge in [-0.2, -0.15) is 5.10 Å². The van der Waals surface area contributed by atoms with E-state index in [-0.39, 0.29) is 24.0 Å². The highest BCUT2D eigenvalue weighted by Gasteiger charge is 2.06. The van der Waals surface area contributed by atoms with Gasteiger partial charge in [-0.05, 0) is 41.3 Å². The van der Waals surface area contributed by atoms with Crippen LogP contribution in [-0.4, -0.2) is 32.3 Å². The van der Waals surface area contributed by atoms with Gasteiger partial charge in [0.05, 0.1) is 25.3 Å². The Bertz CT molecular complexity index is 1130. The average Bonchev–Trinajstić information content (AvgIpc) is 3.35. The van der Waals surface area contributed by atoms with Crippen LogP contribution in [0.5, 0.6) is 0 Å². The highest BCUT2D eigenvalue weighted by atomic mass is 127. The number of rotatable bonds is 8. The number of hydrogen-bond donors (Lipinski definition) is 2. The largest absolute Gasteiger partial charge is 0.357 e. The van der Waals surface area contributed by atoms with E-state index < -0.39 is 0 Å². The molecule has 0 bridgehead atoms. The summed E-state index contributed by atoms with van der Waals surface area (Å²) in [5.74, 6) is 0.774. The second-order valence-electron chi connectivity index (χ2n) is 7.32. The van der Waals surface area contributed by atoms with E-state index in [4.69, 9.17) is 4.99 Å². The molecule has 0 spiro atoms. The Balaban J connectivity index is 0.00000306. The van der Waals surface area contributed by atoms with E-state index in [1.54, 1.807) is 18.9 Å². The van der Waals surface area contributed by atoms with Gasteiger partial charge in [0.25, 0.3) is 0 Å². The summed E-state index contributed by atoms with van der Waals surface area (Å²) in [6, 6.07) is 22.9. The Morgan fingerprint density at radius 3 is 2.52 bits per heavy atom. The number of aromatic nitrogens is 4. The first-order valence-corrected chi connectivity index (χ1v) is 10.7. The molecule has 0 atom stereocenters. The number of nitrogens with one attached hydrogen (secondary N) is 2. The fraction of sp³-hybridized carbons (Fsp3) is 0.200. The zero-order valence-electron chi connectivity index (χ0n) is 18.6. The van der Waals surface area contributed by atoms with Crippen LogP contribution >= 0.6 is 24.0 Å². The number of nitrogens with zero attached hydrogens (tertiary/aromatic N) is 5. The molecular formula is C25H28IN7. The molecule has 0 aliphatic heterocycles. The zero-order valence-corrected chi connectivity index (χ0v) is 20.9. The number of halogens is 1. The van der Waals surface area contributed by atoms with E-state index in [0.29, 0.717) is 19.6 Å². The molecule has 7 nitrogen and oxygen atoms in total. The maximum Gasteiger partial charge on any atom is 0.191 e. The zero-order chi connectivity index (χ0) is 22.0. The molecule has 0 saturated heterocycles. The molecule has 0 radical (unpaired) electrons. The molecule has 0 fully saturated rings. The van der Waals surface area contributed by atoms with Gasteiger partial charge in [-0.15, -0.1) is 24.0 Å². The SMILES string of the molecule is CCNC(=NCc1ccccc1-c1ccc(Cn2cncn2)cc1)NCc1ccccn1.I. The summed E-state index contributed by atoms with van der Waals surface area (Å²) < 4.78 is 1.82. The molecule has 170 valence electrons. The molecule has 4 rings (SSSR count). The van der Waals surface area contributed by atoms with Gasteiger partial charge < -0.3 is 10.6 Å². The Hall–Kier alpha value is -3.27. The van der Waals surface area contributed by atoms with E-state index >= 15 is 0 Å². The lowest BCUT2D eigenvalue weighted by Crippen LogP contribution is -2.37. The predicted molar refractivity (Wildman–Crippen MR) is 142 cm³/mol. The maximum atomic E-state index is 4.80. The first kappa shape index (κ1) is 24.4. The lowest BCUT2D eigenvalue weighted by atomic mass is 9.98. The lowest BCUT2D eigenvalue weighted by molar-refractivity contribution is 0.685. The minimum absolute atomic E-state index is 0. The second-order valence-corrected chi connectivity index (χ2v) is 7.32. The van der Waals surface area contributed by atoms with Crippen LogP contribution in [0, 0.1) is 0 Å². The van der Waals surface area contributed by atoms with Gasteiger partial charge >= 0.3 is 0 Å². The van der Waals surface area contributed by atoms with Gasteiger partial charge in [0, 0.05) is 12.7 Å². The van der Waals surface area contributed by atoms with Gasteiger partial charge in [-0.3, -0.25) is 4.98 Å². The molecule has 2 heterocycles. The van der Waals surface area contributed by atoms with Crippen LogP contribution in [0.4, 0.5) is 0 Å².